The summed E-state index contributed by atoms with van der Waals surface area (Å²) in [5.74, 6) is -0.426. The van der Waals surface area contributed by atoms with Crippen LogP contribution >= 0.6 is 0 Å². The number of nitro benzene ring substituents is 1. The first-order chi connectivity index (χ1) is 9.02. The highest BCUT2D eigenvalue weighted by Gasteiger charge is 2.27. The topological polar surface area (TPSA) is 92.6 Å². The van der Waals surface area contributed by atoms with Gasteiger partial charge in [-0.2, -0.15) is 0 Å². The molecule has 7 nitrogen and oxygen atoms in total. The van der Waals surface area contributed by atoms with E-state index in [0.717, 1.165) is 5.56 Å². The zero-order valence-electron chi connectivity index (χ0n) is 10.4. The summed E-state index contributed by atoms with van der Waals surface area (Å²) in [6, 6.07) is 4.32. The quantitative estimate of drug-likeness (QED) is 0.639. The molecule has 0 radical (unpaired) electrons. The molecule has 1 N–H and O–H groups in total. The number of anilines is 1. The third-order valence-electron chi connectivity index (χ3n) is 3.05. The number of nitrogens with one attached hydrogen (secondary N) is 1. The predicted octanol–water partition coefficient (Wildman–Crippen LogP) is 0.620. The number of carbonyl (C=O) groups is 2. The summed E-state index contributed by atoms with van der Waals surface area (Å²) in [4.78, 5) is 34.8. The van der Waals surface area contributed by atoms with Crippen LogP contribution in [0.15, 0.2) is 18.2 Å². The molecule has 7 heteroatoms. The first-order valence-corrected chi connectivity index (χ1v) is 5.81. The van der Waals surface area contributed by atoms with Gasteiger partial charge >= 0.3 is 0 Å². The lowest BCUT2D eigenvalue weighted by Crippen LogP contribution is -2.42. The fraction of sp³-hybridized carbons (Fsp3) is 0.333. The molecule has 0 saturated heterocycles. The van der Waals surface area contributed by atoms with E-state index >= 15 is 0 Å². The average molecular weight is 263 g/mol. The number of aryl methyl sites for hydroxylation is 1. The second kappa shape index (κ2) is 5.05. The Morgan fingerprint density at radius 2 is 2.21 bits per heavy atom. The van der Waals surface area contributed by atoms with Crippen molar-refractivity contribution in [3.05, 3.63) is 33.9 Å². The van der Waals surface area contributed by atoms with Gasteiger partial charge < -0.3 is 10.2 Å². The second-order valence-corrected chi connectivity index (χ2v) is 4.22. The van der Waals surface area contributed by atoms with Crippen molar-refractivity contribution in [1.82, 2.24) is 5.32 Å². The Labute approximate surface area is 109 Å². The van der Waals surface area contributed by atoms with Crippen LogP contribution in [0.4, 0.5) is 11.4 Å². The third-order valence-corrected chi connectivity index (χ3v) is 3.05. The Hall–Kier alpha value is -2.44. The highest BCUT2D eigenvalue weighted by Crippen LogP contribution is 2.30. The summed E-state index contributed by atoms with van der Waals surface area (Å²) in [5, 5.41) is 13.2. The molecule has 0 atom stereocenters. The highest BCUT2D eigenvalue weighted by molar-refractivity contribution is 6.01. The lowest BCUT2D eigenvalue weighted by atomic mass is 10.0. The maximum absolute atomic E-state index is 11.8. The zero-order chi connectivity index (χ0) is 14.0. The van der Waals surface area contributed by atoms with Crippen molar-refractivity contribution in [2.45, 2.75) is 12.8 Å². The van der Waals surface area contributed by atoms with E-state index in [1.165, 1.54) is 30.1 Å². The molecular formula is C12H13N3O4. The average Bonchev–Trinajstić information content (AvgIpc) is 2.41. The van der Waals surface area contributed by atoms with Crippen molar-refractivity contribution in [1.29, 1.82) is 0 Å². The maximum Gasteiger partial charge on any atom is 0.269 e. The molecule has 1 aliphatic heterocycles. The van der Waals surface area contributed by atoms with Gasteiger partial charge in [0, 0.05) is 31.3 Å². The molecular weight excluding hydrogens is 250 g/mol. The van der Waals surface area contributed by atoms with Gasteiger partial charge in [-0.1, -0.05) is 0 Å². The van der Waals surface area contributed by atoms with Gasteiger partial charge in [-0.25, -0.2) is 0 Å². The van der Waals surface area contributed by atoms with E-state index in [1.807, 2.05) is 0 Å². The Morgan fingerprint density at radius 1 is 1.47 bits per heavy atom. The first kappa shape index (κ1) is 13.0. The molecule has 0 bridgehead atoms. The van der Waals surface area contributed by atoms with Crippen LogP contribution in [-0.2, 0) is 16.0 Å². The van der Waals surface area contributed by atoms with E-state index < -0.39 is 4.92 Å². The largest absolute Gasteiger partial charge is 0.358 e. The number of hydrogen-bond donors (Lipinski definition) is 1. The Balaban J connectivity index is 2.36. The highest BCUT2D eigenvalue weighted by atomic mass is 16.6. The van der Waals surface area contributed by atoms with Gasteiger partial charge in [0.2, 0.25) is 11.8 Å². The van der Waals surface area contributed by atoms with Gasteiger partial charge in [-0.3, -0.25) is 19.7 Å². The van der Waals surface area contributed by atoms with Crippen molar-refractivity contribution < 1.29 is 14.5 Å². The number of likely N-dealkylation sites (N-methyl/N-ethyl adjacent to an activating group) is 1. The number of fused-ring (bicyclic) bond motifs is 1. The summed E-state index contributed by atoms with van der Waals surface area (Å²) in [7, 11) is 1.49. The van der Waals surface area contributed by atoms with E-state index in [9.17, 15) is 19.7 Å². The zero-order valence-corrected chi connectivity index (χ0v) is 10.4. The second-order valence-electron chi connectivity index (χ2n) is 4.22. The van der Waals surface area contributed by atoms with Crippen LogP contribution in [0.5, 0.6) is 0 Å². The lowest BCUT2D eigenvalue weighted by Gasteiger charge is -2.28. The molecule has 0 saturated carbocycles. The van der Waals surface area contributed by atoms with E-state index in [-0.39, 0.29) is 30.5 Å². The number of hydrogen-bond acceptors (Lipinski definition) is 4. The molecule has 0 spiro atoms. The monoisotopic (exact) mass is 263 g/mol. The normalized spacial score (nSPS) is 13.9. The summed E-state index contributed by atoms with van der Waals surface area (Å²) in [6.45, 7) is -0.0693. The van der Waals surface area contributed by atoms with Crippen LogP contribution in [0.3, 0.4) is 0 Å². The minimum atomic E-state index is -0.472. The number of carbonyl (C=O) groups excluding carboxylic acids is 2. The van der Waals surface area contributed by atoms with Crippen LogP contribution in [0.1, 0.15) is 12.0 Å². The van der Waals surface area contributed by atoms with Crippen LogP contribution in [0.25, 0.3) is 0 Å². The summed E-state index contributed by atoms with van der Waals surface area (Å²) in [6.07, 6.45) is 0.714. The molecule has 1 aromatic carbocycles. The van der Waals surface area contributed by atoms with Crippen LogP contribution in [0, 0.1) is 10.1 Å². The Morgan fingerprint density at radius 3 is 2.84 bits per heavy atom. The lowest BCUT2D eigenvalue weighted by molar-refractivity contribution is -0.384. The van der Waals surface area contributed by atoms with E-state index in [2.05, 4.69) is 5.32 Å². The summed E-state index contributed by atoms with van der Waals surface area (Å²) < 4.78 is 0. The number of benzene rings is 1. The van der Waals surface area contributed by atoms with Crippen LogP contribution < -0.4 is 10.2 Å². The van der Waals surface area contributed by atoms with Gasteiger partial charge in [0.15, 0.2) is 0 Å². The van der Waals surface area contributed by atoms with Gasteiger partial charge in [0.1, 0.15) is 6.54 Å². The predicted molar refractivity (Wildman–Crippen MR) is 67.8 cm³/mol. The van der Waals surface area contributed by atoms with Gasteiger partial charge in [0.25, 0.3) is 5.69 Å². The van der Waals surface area contributed by atoms with Gasteiger partial charge in [0.05, 0.1) is 4.92 Å². The van der Waals surface area contributed by atoms with Crippen molar-refractivity contribution >= 4 is 23.2 Å². The summed E-state index contributed by atoms with van der Waals surface area (Å²) in [5.41, 5.74) is 1.29. The number of nitrogens with zero attached hydrogens (tertiary/aromatic N) is 2. The molecule has 0 aromatic heterocycles. The molecule has 1 aliphatic rings. The smallest absolute Gasteiger partial charge is 0.269 e. The van der Waals surface area contributed by atoms with Gasteiger partial charge in [-0.05, 0) is 18.1 Å². The molecule has 2 rings (SSSR count). The first-order valence-electron chi connectivity index (χ1n) is 5.81. The maximum atomic E-state index is 11.8. The Kier molecular flexibility index (Phi) is 3.46. The van der Waals surface area contributed by atoms with Gasteiger partial charge in [-0.15, -0.1) is 0 Å². The van der Waals surface area contributed by atoms with Crippen molar-refractivity contribution in [3.63, 3.8) is 0 Å². The van der Waals surface area contributed by atoms with Crippen molar-refractivity contribution in [2.24, 2.45) is 0 Å². The van der Waals surface area contributed by atoms with Crippen molar-refractivity contribution in [3.8, 4) is 0 Å². The van der Waals surface area contributed by atoms with E-state index in [0.29, 0.717) is 12.1 Å². The van der Waals surface area contributed by atoms with E-state index in [1.54, 1.807) is 0 Å². The molecule has 2 amide bonds. The van der Waals surface area contributed by atoms with Crippen LogP contribution in [0.2, 0.25) is 0 Å². The Bertz CT molecular complexity index is 556. The van der Waals surface area contributed by atoms with E-state index in [4.69, 9.17) is 0 Å². The summed E-state index contributed by atoms with van der Waals surface area (Å²) >= 11 is 0. The third kappa shape index (κ3) is 2.54. The fourth-order valence-corrected chi connectivity index (χ4v) is 2.06. The minimum absolute atomic E-state index is 0.00649. The van der Waals surface area contributed by atoms with Crippen LogP contribution in [-0.4, -0.2) is 30.3 Å². The molecule has 0 aliphatic carbocycles. The molecule has 100 valence electrons. The number of nitro groups is 1. The SMILES string of the molecule is CNC(=O)CN1C(=O)CCc2cc([N+](=O)[O-])ccc21. The fourth-order valence-electron chi connectivity index (χ4n) is 2.06. The molecule has 1 heterocycles. The molecule has 1 aromatic rings. The number of amides is 2. The molecule has 0 fully saturated rings. The molecule has 19 heavy (non-hydrogen) atoms. The van der Waals surface area contributed by atoms with Crippen molar-refractivity contribution in [2.75, 3.05) is 18.5 Å². The number of non-ortho nitro benzene ring substituents is 1. The minimum Gasteiger partial charge on any atom is -0.358 e. The molecule has 0 unspecified atom stereocenters. The number of rotatable bonds is 3. The standard InChI is InChI=1S/C12H13N3O4/c1-13-11(16)7-14-10-4-3-9(15(18)19)6-8(10)2-5-12(14)17/h3-4,6H,2,5,7H2,1H3,(H,13,16).